The first kappa shape index (κ1) is 19.0. The van der Waals surface area contributed by atoms with Crippen molar-refractivity contribution in [1.29, 1.82) is 0 Å². The first-order valence-electron chi connectivity index (χ1n) is 9.59. The van der Waals surface area contributed by atoms with Gasteiger partial charge in [-0.25, -0.2) is 0 Å². The van der Waals surface area contributed by atoms with Crippen LogP contribution in [0.2, 0.25) is 0 Å². The maximum absolute atomic E-state index is 12.9. The third kappa shape index (κ3) is 4.08. The van der Waals surface area contributed by atoms with Crippen molar-refractivity contribution in [3.8, 4) is 23.0 Å². The topological polar surface area (TPSA) is 77.7 Å². The van der Waals surface area contributed by atoms with Crippen molar-refractivity contribution in [2.24, 2.45) is 0 Å². The van der Waals surface area contributed by atoms with E-state index in [0.29, 0.717) is 23.9 Å². The molecule has 1 amide bonds. The summed E-state index contributed by atoms with van der Waals surface area (Å²) in [4.78, 5) is 14.7. The smallest absolute Gasteiger partial charge is 0.253 e. The van der Waals surface area contributed by atoms with Gasteiger partial charge in [0.2, 0.25) is 11.8 Å². The summed E-state index contributed by atoms with van der Waals surface area (Å²) < 4.78 is 16.3. The van der Waals surface area contributed by atoms with Crippen molar-refractivity contribution < 1.29 is 18.7 Å². The van der Waals surface area contributed by atoms with E-state index in [2.05, 4.69) is 10.2 Å². The molecule has 1 atom stereocenters. The summed E-state index contributed by atoms with van der Waals surface area (Å²) in [5.41, 5.74) is 1.49. The van der Waals surface area contributed by atoms with Crippen LogP contribution >= 0.6 is 0 Å². The first-order chi connectivity index (χ1) is 14.2. The van der Waals surface area contributed by atoms with Crippen molar-refractivity contribution in [3.05, 3.63) is 60.0 Å². The number of methoxy groups -OCH3 is 2. The van der Waals surface area contributed by atoms with Crippen LogP contribution in [0.1, 0.15) is 35.0 Å². The summed E-state index contributed by atoms with van der Waals surface area (Å²) in [6.07, 6.45) is 1.81. The number of rotatable bonds is 5. The summed E-state index contributed by atoms with van der Waals surface area (Å²) in [5, 5.41) is 8.44. The van der Waals surface area contributed by atoms with Gasteiger partial charge in [-0.3, -0.25) is 4.79 Å². The molecule has 4 rings (SSSR count). The van der Waals surface area contributed by atoms with Gasteiger partial charge in [0.1, 0.15) is 11.5 Å². The lowest BCUT2D eigenvalue weighted by molar-refractivity contribution is 0.0698. The van der Waals surface area contributed by atoms with Crippen LogP contribution in [0.4, 0.5) is 0 Å². The molecule has 2 aromatic carbocycles. The summed E-state index contributed by atoms with van der Waals surface area (Å²) in [6.45, 7) is 1.29. The number of piperidine rings is 1. The average Bonchev–Trinajstić information content (AvgIpc) is 3.29. The van der Waals surface area contributed by atoms with E-state index in [9.17, 15) is 4.79 Å². The Bertz CT molecular complexity index is 966. The molecule has 150 valence electrons. The highest BCUT2D eigenvalue weighted by molar-refractivity contribution is 5.94. The van der Waals surface area contributed by atoms with Gasteiger partial charge in [0.05, 0.1) is 20.1 Å². The van der Waals surface area contributed by atoms with Gasteiger partial charge in [0.25, 0.3) is 5.91 Å². The van der Waals surface area contributed by atoms with Crippen LogP contribution in [0.25, 0.3) is 11.5 Å². The number of hydrogen-bond acceptors (Lipinski definition) is 6. The number of aromatic nitrogens is 2. The van der Waals surface area contributed by atoms with Gasteiger partial charge in [0.15, 0.2) is 0 Å². The van der Waals surface area contributed by atoms with Crippen LogP contribution in [0.3, 0.4) is 0 Å². The zero-order valence-electron chi connectivity index (χ0n) is 16.5. The molecule has 2 heterocycles. The Balaban J connectivity index is 1.46. The number of benzene rings is 2. The van der Waals surface area contributed by atoms with Gasteiger partial charge in [-0.15, -0.1) is 10.2 Å². The zero-order valence-corrected chi connectivity index (χ0v) is 16.5. The first-order valence-corrected chi connectivity index (χ1v) is 9.59. The average molecular weight is 393 g/mol. The second-order valence-electron chi connectivity index (χ2n) is 6.99. The highest BCUT2D eigenvalue weighted by Gasteiger charge is 2.29. The Labute approximate surface area is 169 Å². The van der Waals surface area contributed by atoms with Crippen molar-refractivity contribution in [2.75, 3.05) is 27.3 Å². The largest absolute Gasteiger partial charge is 0.497 e. The minimum absolute atomic E-state index is 0.00671. The van der Waals surface area contributed by atoms with E-state index in [1.165, 1.54) is 0 Å². The lowest BCUT2D eigenvalue weighted by Crippen LogP contribution is -2.39. The van der Waals surface area contributed by atoms with Crippen molar-refractivity contribution in [3.63, 3.8) is 0 Å². The zero-order chi connectivity index (χ0) is 20.2. The molecule has 0 N–H and O–H groups in total. The molecule has 0 aliphatic carbocycles. The quantitative estimate of drug-likeness (QED) is 0.657. The number of carbonyl (C=O) groups is 1. The summed E-state index contributed by atoms with van der Waals surface area (Å²) >= 11 is 0. The Morgan fingerprint density at radius 3 is 2.31 bits per heavy atom. The van der Waals surface area contributed by atoms with E-state index in [0.717, 1.165) is 36.4 Å². The van der Waals surface area contributed by atoms with Crippen LogP contribution in [-0.2, 0) is 0 Å². The van der Waals surface area contributed by atoms with Crippen molar-refractivity contribution in [1.82, 2.24) is 15.1 Å². The Hall–Kier alpha value is -3.35. The predicted octanol–water partition coefficient (Wildman–Crippen LogP) is 3.77. The van der Waals surface area contributed by atoms with Crippen LogP contribution < -0.4 is 9.47 Å². The normalized spacial score (nSPS) is 16.5. The molecule has 1 fully saturated rings. The highest BCUT2D eigenvalue weighted by Crippen LogP contribution is 2.30. The Morgan fingerprint density at radius 1 is 1.00 bits per heavy atom. The lowest BCUT2D eigenvalue weighted by Gasteiger charge is -2.31. The Morgan fingerprint density at radius 2 is 1.66 bits per heavy atom. The minimum atomic E-state index is 0.00671. The van der Waals surface area contributed by atoms with Gasteiger partial charge in [-0.1, -0.05) is 0 Å². The Kier molecular flexibility index (Phi) is 5.46. The molecule has 0 spiro atoms. The van der Waals surface area contributed by atoms with E-state index < -0.39 is 0 Å². The maximum Gasteiger partial charge on any atom is 0.253 e. The molecule has 0 bridgehead atoms. The number of ether oxygens (including phenoxy) is 2. The number of nitrogens with zero attached hydrogens (tertiary/aromatic N) is 3. The third-order valence-corrected chi connectivity index (χ3v) is 5.17. The summed E-state index contributed by atoms with van der Waals surface area (Å²) in [5.74, 6) is 2.59. The molecule has 7 heteroatoms. The number of carbonyl (C=O) groups excluding carboxylic acids is 1. The van der Waals surface area contributed by atoms with E-state index in [1.807, 2.05) is 29.2 Å². The van der Waals surface area contributed by atoms with Gasteiger partial charge in [-0.2, -0.15) is 0 Å². The molecule has 1 aliphatic rings. The molecule has 29 heavy (non-hydrogen) atoms. The van der Waals surface area contributed by atoms with Gasteiger partial charge >= 0.3 is 0 Å². The van der Waals surface area contributed by atoms with Crippen LogP contribution in [-0.4, -0.2) is 48.3 Å². The number of amides is 1. The molecule has 1 aromatic heterocycles. The molecule has 0 saturated carbocycles. The van der Waals surface area contributed by atoms with E-state index >= 15 is 0 Å². The summed E-state index contributed by atoms with van der Waals surface area (Å²) in [7, 11) is 3.23. The second-order valence-corrected chi connectivity index (χ2v) is 6.99. The van der Waals surface area contributed by atoms with Gasteiger partial charge in [0, 0.05) is 24.2 Å². The van der Waals surface area contributed by atoms with Crippen molar-refractivity contribution in [2.45, 2.75) is 18.8 Å². The molecule has 0 radical (unpaired) electrons. The fraction of sp³-hybridized carbons (Fsp3) is 0.318. The summed E-state index contributed by atoms with van der Waals surface area (Å²) in [6, 6.07) is 14.7. The lowest BCUT2D eigenvalue weighted by atomic mass is 9.97. The second kappa shape index (κ2) is 8.34. The van der Waals surface area contributed by atoms with E-state index in [1.54, 1.807) is 38.5 Å². The molecule has 7 nitrogen and oxygen atoms in total. The number of likely N-dealkylation sites (tertiary alicyclic amines) is 1. The minimum Gasteiger partial charge on any atom is -0.497 e. The fourth-order valence-electron chi connectivity index (χ4n) is 3.53. The standard InChI is InChI=1S/C22H23N3O4/c1-27-18-9-5-15(6-10-18)20-23-24-21(29-20)17-4-3-13-25(14-17)22(26)16-7-11-19(28-2)12-8-16/h5-12,17H,3-4,13-14H2,1-2H3. The third-order valence-electron chi connectivity index (χ3n) is 5.17. The fourth-order valence-corrected chi connectivity index (χ4v) is 3.53. The monoisotopic (exact) mass is 393 g/mol. The number of hydrogen-bond donors (Lipinski definition) is 0. The highest BCUT2D eigenvalue weighted by atomic mass is 16.5. The molecular weight excluding hydrogens is 370 g/mol. The van der Waals surface area contributed by atoms with Crippen LogP contribution in [0, 0.1) is 0 Å². The van der Waals surface area contributed by atoms with E-state index in [-0.39, 0.29) is 11.8 Å². The van der Waals surface area contributed by atoms with Gasteiger partial charge in [-0.05, 0) is 61.4 Å². The maximum atomic E-state index is 12.9. The van der Waals surface area contributed by atoms with E-state index in [4.69, 9.17) is 13.9 Å². The molecular formula is C22H23N3O4. The molecule has 1 saturated heterocycles. The van der Waals surface area contributed by atoms with Gasteiger partial charge < -0.3 is 18.8 Å². The van der Waals surface area contributed by atoms with Crippen molar-refractivity contribution >= 4 is 5.91 Å². The molecule has 1 unspecified atom stereocenters. The molecule has 3 aromatic rings. The van der Waals surface area contributed by atoms with Crippen LogP contribution in [0.5, 0.6) is 11.5 Å². The predicted molar refractivity (Wildman–Crippen MR) is 107 cm³/mol. The molecule has 1 aliphatic heterocycles. The van der Waals surface area contributed by atoms with Crippen LogP contribution in [0.15, 0.2) is 52.9 Å². The SMILES string of the molecule is COc1ccc(C(=O)N2CCCC(c3nnc(-c4ccc(OC)cc4)o3)C2)cc1.